The average Bonchev–Trinajstić information content (AvgIpc) is 2.57. The number of aryl methyl sites for hydroxylation is 1. The third kappa shape index (κ3) is 3.99. The molecule has 1 aromatic heterocycles. The van der Waals surface area contributed by atoms with E-state index in [0.717, 1.165) is 56.0 Å². The molecule has 122 valence electrons. The van der Waals surface area contributed by atoms with E-state index in [0.29, 0.717) is 5.56 Å². The Kier molecular flexibility index (Phi) is 5.08. The summed E-state index contributed by atoms with van der Waals surface area (Å²) in [7, 11) is 0. The first-order valence-corrected chi connectivity index (χ1v) is 8.19. The van der Waals surface area contributed by atoms with Crippen molar-refractivity contribution in [2.75, 3.05) is 13.2 Å². The lowest BCUT2D eigenvalue weighted by molar-refractivity contribution is 0.0256. The highest BCUT2D eigenvalue weighted by molar-refractivity contribution is 5.62. The highest BCUT2D eigenvalue weighted by atomic mass is 16.5. The van der Waals surface area contributed by atoms with Gasteiger partial charge in [-0.25, -0.2) is 4.98 Å². The zero-order valence-electron chi connectivity index (χ0n) is 13.4. The Morgan fingerprint density at radius 3 is 2.65 bits per heavy atom. The van der Waals surface area contributed by atoms with Gasteiger partial charge in [0.1, 0.15) is 17.7 Å². The molecule has 0 aliphatic carbocycles. The van der Waals surface area contributed by atoms with E-state index < -0.39 is 0 Å². The highest BCUT2D eigenvalue weighted by Crippen LogP contribution is 2.22. The summed E-state index contributed by atoms with van der Waals surface area (Å²) in [5.41, 5.74) is 1.34. The van der Waals surface area contributed by atoms with Crippen molar-refractivity contribution in [1.82, 2.24) is 9.97 Å². The number of nitrogens with one attached hydrogen (secondary N) is 1. The maximum atomic E-state index is 12.2. The zero-order valence-corrected chi connectivity index (χ0v) is 13.4. The SMILES string of the molecule is CCCc1ncc(-c2ccc(OC3CCOCC3)cc2)c(=O)[nH]1. The summed E-state index contributed by atoms with van der Waals surface area (Å²) in [6.45, 7) is 3.58. The van der Waals surface area contributed by atoms with Crippen LogP contribution in [0.3, 0.4) is 0 Å². The van der Waals surface area contributed by atoms with Gasteiger partial charge in [0.15, 0.2) is 0 Å². The molecule has 1 N–H and O–H groups in total. The second-order valence-corrected chi connectivity index (χ2v) is 5.78. The van der Waals surface area contributed by atoms with E-state index in [2.05, 4.69) is 16.9 Å². The minimum absolute atomic E-state index is 0.0958. The quantitative estimate of drug-likeness (QED) is 0.921. The lowest BCUT2D eigenvalue weighted by Gasteiger charge is -2.23. The molecule has 1 aliphatic heterocycles. The second-order valence-electron chi connectivity index (χ2n) is 5.78. The van der Waals surface area contributed by atoms with Gasteiger partial charge in [0.05, 0.1) is 18.8 Å². The lowest BCUT2D eigenvalue weighted by atomic mass is 10.1. The molecule has 0 atom stereocenters. The van der Waals surface area contributed by atoms with Crippen LogP contribution in [0.2, 0.25) is 0 Å². The van der Waals surface area contributed by atoms with Gasteiger partial charge in [0, 0.05) is 25.5 Å². The van der Waals surface area contributed by atoms with Crippen LogP contribution in [0.15, 0.2) is 35.3 Å². The number of aromatic amines is 1. The number of rotatable bonds is 5. The van der Waals surface area contributed by atoms with Crippen LogP contribution in [0.4, 0.5) is 0 Å². The minimum Gasteiger partial charge on any atom is -0.490 e. The minimum atomic E-state index is -0.0958. The monoisotopic (exact) mass is 314 g/mol. The first-order chi connectivity index (χ1) is 11.3. The Hall–Kier alpha value is -2.14. The van der Waals surface area contributed by atoms with Crippen LogP contribution in [0.25, 0.3) is 11.1 Å². The fourth-order valence-corrected chi connectivity index (χ4v) is 2.70. The summed E-state index contributed by atoms with van der Waals surface area (Å²) in [4.78, 5) is 19.3. The fourth-order valence-electron chi connectivity index (χ4n) is 2.70. The third-order valence-corrected chi connectivity index (χ3v) is 3.98. The van der Waals surface area contributed by atoms with Gasteiger partial charge in [0.25, 0.3) is 5.56 Å². The molecule has 5 nitrogen and oxygen atoms in total. The van der Waals surface area contributed by atoms with Crippen molar-refractivity contribution in [2.45, 2.75) is 38.7 Å². The number of H-pyrrole nitrogens is 1. The van der Waals surface area contributed by atoms with Gasteiger partial charge in [-0.3, -0.25) is 4.79 Å². The molecule has 23 heavy (non-hydrogen) atoms. The van der Waals surface area contributed by atoms with Crippen LogP contribution in [-0.4, -0.2) is 29.3 Å². The topological polar surface area (TPSA) is 64.2 Å². The number of ether oxygens (including phenoxy) is 2. The van der Waals surface area contributed by atoms with Crippen LogP contribution in [0.5, 0.6) is 5.75 Å². The molecule has 0 spiro atoms. The Labute approximate surface area is 135 Å². The first kappa shape index (κ1) is 15.7. The molecule has 1 aliphatic rings. The van der Waals surface area contributed by atoms with Crippen molar-refractivity contribution < 1.29 is 9.47 Å². The van der Waals surface area contributed by atoms with E-state index in [1.165, 1.54) is 0 Å². The Balaban J connectivity index is 1.72. The fraction of sp³-hybridized carbons (Fsp3) is 0.444. The highest BCUT2D eigenvalue weighted by Gasteiger charge is 2.15. The molecule has 1 fully saturated rings. The lowest BCUT2D eigenvalue weighted by Crippen LogP contribution is -2.25. The summed E-state index contributed by atoms with van der Waals surface area (Å²) in [5.74, 6) is 1.56. The molecule has 2 aromatic rings. The normalized spacial score (nSPS) is 15.5. The van der Waals surface area contributed by atoms with E-state index in [9.17, 15) is 4.79 Å². The van der Waals surface area contributed by atoms with Crippen LogP contribution in [0.1, 0.15) is 32.0 Å². The summed E-state index contributed by atoms with van der Waals surface area (Å²) in [6.07, 6.45) is 5.45. The van der Waals surface area contributed by atoms with Gasteiger partial charge in [-0.05, 0) is 24.1 Å². The van der Waals surface area contributed by atoms with Gasteiger partial charge < -0.3 is 14.5 Å². The van der Waals surface area contributed by atoms with Crippen LogP contribution in [0, 0.1) is 0 Å². The predicted octanol–water partition coefficient (Wildman–Crippen LogP) is 2.95. The molecule has 1 saturated heterocycles. The summed E-state index contributed by atoms with van der Waals surface area (Å²) in [6, 6.07) is 7.62. The number of aromatic nitrogens is 2. The maximum Gasteiger partial charge on any atom is 0.258 e. The van der Waals surface area contributed by atoms with Crippen molar-refractivity contribution in [3.05, 3.63) is 46.6 Å². The third-order valence-electron chi connectivity index (χ3n) is 3.98. The van der Waals surface area contributed by atoms with Crippen LogP contribution < -0.4 is 10.3 Å². The molecule has 0 bridgehead atoms. The molecule has 0 unspecified atom stereocenters. The van der Waals surface area contributed by atoms with Crippen molar-refractivity contribution >= 4 is 0 Å². The first-order valence-electron chi connectivity index (χ1n) is 8.19. The van der Waals surface area contributed by atoms with Gasteiger partial charge in [-0.15, -0.1) is 0 Å². The largest absolute Gasteiger partial charge is 0.490 e. The summed E-state index contributed by atoms with van der Waals surface area (Å²) < 4.78 is 11.3. The van der Waals surface area contributed by atoms with Gasteiger partial charge in [-0.1, -0.05) is 19.1 Å². The number of hydrogen-bond acceptors (Lipinski definition) is 4. The Morgan fingerprint density at radius 2 is 2.00 bits per heavy atom. The van der Waals surface area contributed by atoms with E-state index in [1.54, 1.807) is 6.20 Å². The smallest absolute Gasteiger partial charge is 0.258 e. The van der Waals surface area contributed by atoms with Crippen LogP contribution in [-0.2, 0) is 11.2 Å². The van der Waals surface area contributed by atoms with Crippen molar-refractivity contribution in [1.29, 1.82) is 0 Å². The van der Waals surface area contributed by atoms with Crippen molar-refractivity contribution in [3.63, 3.8) is 0 Å². The predicted molar refractivity (Wildman–Crippen MR) is 88.8 cm³/mol. The summed E-state index contributed by atoms with van der Waals surface area (Å²) in [5, 5.41) is 0. The summed E-state index contributed by atoms with van der Waals surface area (Å²) >= 11 is 0. The van der Waals surface area contributed by atoms with Crippen LogP contribution >= 0.6 is 0 Å². The molecule has 1 aromatic carbocycles. The zero-order chi connectivity index (χ0) is 16.1. The number of benzene rings is 1. The number of hydrogen-bond donors (Lipinski definition) is 1. The molecular weight excluding hydrogens is 292 g/mol. The Morgan fingerprint density at radius 1 is 1.26 bits per heavy atom. The molecular formula is C18H22N2O3. The maximum absolute atomic E-state index is 12.2. The van der Waals surface area contributed by atoms with Gasteiger partial charge in [-0.2, -0.15) is 0 Å². The molecule has 5 heteroatoms. The van der Waals surface area contributed by atoms with E-state index in [4.69, 9.17) is 9.47 Å². The average molecular weight is 314 g/mol. The van der Waals surface area contributed by atoms with Crippen molar-refractivity contribution in [3.8, 4) is 16.9 Å². The van der Waals surface area contributed by atoms with Gasteiger partial charge >= 0.3 is 0 Å². The van der Waals surface area contributed by atoms with E-state index >= 15 is 0 Å². The van der Waals surface area contributed by atoms with E-state index in [1.807, 2.05) is 24.3 Å². The molecule has 0 amide bonds. The molecule has 0 radical (unpaired) electrons. The second kappa shape index (κ2) is 7.42. The molecule has 2 heterocycles. The van der Waals surface area contributed by atoms with Crippen molar-refractivity contribution in [2.24, 2.45) is 0 Å². The van der Waals surface area contributed by atoms with E-state index in [-0.39, 0.29) is 11.7 Å². The Bertz CT molecular complexity index is 688. The van der Waals surface area contributed by atoms with Gasteiger partial charge in [0.2, 0.25) is 0 Å². The number of nitrogens with zero attached hydrogens (tertiary/aromatic N) is 1. The standard InChI is InChI=1S/C18H22N2O3/c1-2-3-17-19-12-16(18(21)20-17)13-4-6-14(7-5-13)23-15-8-10-22-11-9-15/h4-7,12,15H,2-3,8-11H2,1H3,(H,19,20,21). The molecule has 0 saturated carbocycles. The molecule has 3 rings (SSSR count).